The minimum atomic E-state index is 0.284. The maximum atomic E-state index is 5.31. The second kappa shape index (κ2) is 8.62. The smallest absolute Gasteiger partial charge is 0.0684 e. The van der Waals surface area contributed by atoms with Gasteiger partial charge < -0.3 is 5.32 Å². The molecule has 70 valence electrons. The third kappa shape index (κ3) is 6.24. The van der Waals surface area contributed by atoms with Crippen LogP contribution in [0.5, 0.6) is 0 Å². The lowest BCUT2D eigenvalue weighted by molar-refractivity contribution is 0.552. The molecule has 0 aromatic rings. The summed E-state index contributed by atoms with van der Waals surface area (Å²) < 4.78 is 0. The summed E-state index contributed by atoms with van der Waals surface area (Å²) in [6.45, 7) is 2.23. The van der Waals surface area contributed by atoms with E-state index in [9.17, 15) is 0 Å². The van der Waals surface area contributed by atoms with Crippen molar-refractivity contribution in [2.75, 3.05) is 7.05 Å². The molecule has 0 heterocycles. The molecular weight excluding hydrogens is 146 g/mol. The first-order chi connectivity index (χ1) is 5.85. The van der Waals surface area contributed by atoms with Gasteiger partial charge in [-0.05, 0) is 13.5 Å². The molecule has 0 bridgehead atoms. The highest BCUT2D eigenvalue weighted by atomic mass is 14.8. The quantitative estimate of drug-likeness (QED) is 0.454. The fourth-order valence-electron chi connectivity index (χ4n) is 1.26. The summed E-state index contributed by atoms with van der Waals surface area (Å²) in [5.41, 5.74) is 0. The Balaban J connectivity index is 3.13. The van der Waals surface area contributed by atoms with Crippen molar-refractivity contribution in [1.29, 1.82) is 0 Å². The molecule has 12 heavy (non-hydrogen) atoms. The van der Waals surface area contributed by atoms with Crippen LogP contribution in [0.15, 0.2) is 0 Å². The number of hydrogen-bond donors (Lipinski definition) is 1. The summed E-state index contributed by atoms with van der Waals surface area (Å²) in [6.07, 6.45) is 13.1. The van der Waals surface area contributed by atoms with Crippen molar-refractivity contribution in [2.45, 2.75) is 51.5 Å². The maximum absolute atomic E-state index is 5.31. The third-order valence-electron chi connectivity index (χ3n) is 2.15. The Kier molecular flexibility index (Phi) is 8.27. The van der Waals surface area contributed by atoms with Crippen molar-refractivity contribution >= 4 is 0 Å². The molecule has 0 spiro atoms. The first kappa shape index (κ1) is 11.5. The van der Waals surface area contributed by atoms with Crippen LogP contribution in [-0.2, 0) is 0 Å². The highest BCUT2D eigenvalue weighted by Gasteiger charge is 1.99. The summed E-state index contributed by atoms with van der Waals surface area (Å²) >= 11 is 0. The van der Waals surface area contributed by atoms with Crippen molar-refractivity contribution in [2.24, 2.45) is 0 Å². The van der Waals surface area contributed by atoms with E-state index in [-0.39, 0.29) is 6.04 Å². The van der Waals surface area contributed by atoms with E-state index in [1.807, 2.05) is 7.05 Å². The Labute approximate surface area is 76.9 Å². The first-order valence-corrected chi connectivity index (χ1v) is 4.98. The molecule has 1 heteroatoms. The van der Waals surface area contributed by atoms with E-state index in [0.29, 0.717) is 0 Å². The largest absolute Gasteiger partial charge is 0.307 e. The number of rotatable bonds is 7. The standard InChI is InChI=1S/C11H21N/c1-4-6-7-8-9-10-11(5-2)12-3/h2,11-12H,4,6-10H2,1,3H3. The summed E-state index contributed by atoms with van der Waals surface area (Å²) in [4.78, 5) is 0. The zero-order valence-corrected chi connectivity index (χ0v) is 8.40. The van der Waals surface area contributed by atoms with Crippen LogP contribution in [0, 0.1) is 12.3 Å². The predicted molar refractivity (Wildman–Crippen MR) is 55.1 cm³/mol. The molecule has 0 aliphatic heterocycles. The van der Waals surface area contributed by atoms with Gasteiger partial charge in [-0.3, -0.25) is 0 Å². The van der Waals surface area contributed by atoms with Gasteiger partial charge in [0, 0.05) is 0 Å². The van der Waals surface area contributed by atoms with Gasteiger partial charge in [-0.1, -0.05) is 44.9 Å². The van der Waals surface area contributed by atoms with Crippen LogP contribution in [0.3, 0.4) is 0 Å². The third-order valence-corrected chi connectivity index (χ3v) is 2.15. The minimum Gasteiger partial charge on any atom is -0.307 e. The molecule has 0 saturated heterocycles. The van der Waals surface area contributed by atoms with E-state index in [1.54, 1.807) is 0 Å². The summed E-state index contributed by atoms with van der Waals surface area (Å²) in [5.74, 6) is 2.73. The minimum absolute atomic E-state index is 0.284. The lowest BCUT2D eigenvalue weighted by Gasteiger charge is -2.07. The van der Waals surface area contributed by atoms with Crippen LogP contribution in [0.2, 0.25) is 0 Å². The van der Waals surface area contributed by atoms with Gasteiger partial charge in [0.05, 0.1) is 6.04 Å². The monoisotopic (exact) mass is 167 g/mol. The van der Waals surface area contributed by atoms with Crippen molar-refractivity contribution in [3.05, 3.63) is 0 Å². The van der Waals surface area contributed by atoms with Crippen LogP contribution in [0.4, 0.5) is 0 Å². The van der Waals surface area contributed by atoms with Gasteiger partial charge in [0.2, 0.25) is 0 Å². The lowest BCUT2D eigenvalue weighted by atomic mass is 10.1. The van der Waals surface area contributed by atoms with Gasteiger partial charge in [0.15, 0.2) is 0 Å². The van der Waals surface area contributed by atoms with Gasteiger partial charge in [0.25, 0.3) is 0 Å². The van der Waals surface area contributed by atoms with E-state index in [1.165, 1.54) is 32.1 Å². The van der Waals surface area contributed by atoms with Gasteiger partial charge in [-0.25, -0.2) is 0 Å². The van der Waals surface area contributed by atoms with Crippen molar-refractivity contribution in [3.8, 4) is 12.3 Å². The predicted octanol–water partition coefficient (Wildman–Crippen LogP) is 2.57. The normalized spacial score (nSPS) is 12.4. The van der Waals surface area contributed by atoms with Crippen molar-refractivity contribution in [3.63, 3.8) is 0 Å². The molecule has 0 rings (SSSR count). The number of nitrogens with one attached hydrogen (secondary N) is 1. The molecule has 0 aliphatic rings. The SMILES string of the molecule is C#CC(CCCCCCC)NC. The fourth-order valence-corrected chi connectivity index (χ4v) is 1.26. The molecule has 0 saturated carbocycles. The summed E-state index contributed by atoms with van der Waals surface area (Å²) in [5, 5.41) is 3.11. The number of terminal acetylenes is 1. The second-order valence-corrected chi connectivity index (χ2v) is 3.21. The van der Waals surface area contributed by atoms with Crippen LogP contribution in [0.25, 0.3) is 0 Å². The zero-order valence-electron chi connectivity index (χ0n) is 8.40. The van der Waals surface area contributed by atoms with Crippen LogP contribution < -0.4 is 5.32 Å². The molecule has 1 N–H and O–H groups in total. The fraction of sp³-hybridized carbons (Fsp3) is 0.818. The number of hydrogen-bond acceptors (Lipinski definition) is 1. The van der Waals surface area contributed by atoms with E-state index < -0.39 is 0 Å². The Bertz CT molecular complexity index is 123. The van der Waals surface area contributed by atoms with Crippen molar-refractivity contribution < 1.29 is 0 Å². The average molecular weight is 167 g/mol. The van der Waals surface area contributed by atoms with Gasteiger partial charge in [-0.2, -0.15) is 0 Å². The van der Waals surface area contributed by atoms with Gasteiger partial charge in [-0.15, -0.1) is 6.42 Å². The number of unbranched alkanes of at least 4 members (excludes halogenated alkanes) is 4. The molecule has 0 fully saturated rings. The van der Waals surface area contributed by atoms with Gasteiger partial charge in [0.1, 0.15) is 0 Å². The molecule has 1 nitrogen and oxygen atoms in total. The van der Waals surface area contributed by atoms with Gasteiger partial charge >= 0.3 is 0 Å². The molecule has 0 radical (unpaired) electrons. The van der Waals surface area contributed by atoms with E-state index >= 15 is 0 Å². The summed E-state index contributed by atoms with van der Waals surface area (Å²) in [7, 11) is 1.93. The second-order valence-electron chi connectivity index (χ2n) is 3.21. The average Bonchev–Trinajstić information content (AvgIpc) is 2.11. The maximum Gasteiger partial charge on any atom is 0.0684 e. The highest BCUT2D eigenvalue weighted by molar-refractivity contribution is 4.97. The molecule has 0 amide bonds. The van der Waals surface area contributed by atoms with Crippen molar-refractivity contribution in [1.82, 2.24) is 5.32 Å². The Morgan fingerprint density at radius 3 is 2.42 bits per heavy atom. The van der Waals surface area contributed by atoms with Crippen LogP contribution in [-0.4, -0.2) is 13.1 Å². The molecular formula is C11H21N. The van der Waals surface area contributed by atoms with Crippen LogP contribution >= 0.6 is 0 Å². The molecule has 1 unspecified atom stereocenters. The van der Waals surface area contributed by atoms with E-state index in [2.05, 4.69) is 18.2 Å². The van der Waals surface area contributed by atoms with E-state index in [4.69, 9.17) is 6.42 Å². The first-order valence-electron chi connectivity index (χ1n) is 4.98. The molecule has 1 atom stereocenters. The van der Waals surface area contributed by atoms with E-state index in [0.717, 1.165) is 6.42 Å². The highest BCUT2D eigenvalue weighted by Crippen LogP contribution is 2.06. The Morgan fingerprint density at radius 1 is 1.25 bits per heavy atom. The topological polar surface area (TPSA) is 12.0 Å². The lowest BCUT2D eigenvalue weighted by Crippen LogP contribution is -2.22. The summed E-state index contributed by atoms with van der Waals surface area (Å²) in [6, 6.07) is 0.284. The zero-order chi connectivity index (χ0) is 9.23. The Morgan fingerprint density at radius 2 is 1.92 bits per heavy atom. The molecule has 0 aromatic heterocycles. The Hall–Kier alpha value is -0.480. The molecule has 0 aromatic carbocycles. The van der Waals surface area contributed by atoms with Crippen LogP contribution in [0.1, 0.15) is 45.4 Å². The molecule has 0 aliphatic carbocycles.